The van der Waals surface area contributed by atoms with Crippen LogP contribution in [0.5, 0.6) is 0 Å². The smallest absolute Gasteiger partial charge is 0.219 e. The highest BCUT2D eigenvalue weighted by Gasteiger charge is 2.25. The van der Waals surface area contributed by atoms with E-state index in [2.05, 4.69) is 28.7 Å². The van der Waals surface area contributed by atoms with Crippen LogP contribution in [0.2, 0.25) is 0 Å². The van der Waals surface area contributed by atoms with E-state index in [1.54, 1.807) is 0 Å². The Kier molecular flexibility index (Phi) is 16.8. The van der Waals surface area contributed by atoms with Gasteiger partial charge in [-0.3, -0.25) is 9.59 Å². The van der Waals surface area contributed by atoms with Gasteiger partial charge < -0.3 is 20.3 Å². The van der Waals surface area contributed by atoms with E-state index >= 15 is 0 Å². The minimum atomic E-state index is 0.155. The number of carbonyl (C=O) groups is 2. The second-order valence-electron chi connectivity index (χ2n) is 8.44. The highest BCUT2D eigenvalue weighted by Crippen LogP contribution is 2.11. The maximum absolute atomic E-state index is 11.9. The number of hydrogen-bond donors (Lipinski definition) is 2. The van der Waals surface area contributed by atoms with Crippen LogP contribution in [0.25, 0.3) is 0 Å². The van der Waals surface area contributed by atoms with Gasteiger partial charge in [0, 0.05) is 32.5 Å². The summed E-state index contributed by atoms with van der Waals surface area (Å²) < 4.78 is 5.38. The Morgan fingerprint density at radius 2 is 1.29 bits per heavy atom. The molecule has 0 spiro atoms. The fraction of sp³-hybridized carbons (Fsp3) is 0.760. The quantitative estimate of drug-likeness (QED) is 0.153. The molecule has 1 aliphatic heterocycles. The lowest BCUT2D eigenvalue weighted by molar-refractivity contribution is -0.122. The van der Waals surface area contributed by atoms with Crippen molar-refractivity contribution in [3.05, 3.63) is 25.3 Å². The van der Waals surface area contributed by atoms with Crippen LogP contribution in [0.3, 0.4) is 0 Å². The standard InChI is InChI=1S/C25H45N3O3/c1-3-5-7-9-11-15-24(29)26-17-13-19-28(21-23-22-31-23)20-14-18-27-25(30)16-12-10-8-6-4-2/h3-4,23H,1-2,5-22H2,(H,26,29)(H,27,30). The van der Waals surface area contributed by atoms with Gasteiger partial charge in [0.1, 0.15) is 0 Å². The first-order chi connectivity index (χ1) is 15.2. The van der Waals surface area contributed by atoms with Crippen LogP contribution in [-0.4, -0.2) is 62.1 Å². The van der Waals surface area contributed by atoms with Crippen molar-refractivity contribution in [2.75, 3.05) is 39.3 Å². The third-order valence-electron chi connectivity index (χ3n) is 5.43. The van der Waals surface area contributed by atoms with Crippen molar-refractivity contribution in [2.45, 2.75) is 83.2 Å². The topological polar surface area (TPSA) is 74.0 Å². The Bertz CT molecular complexity index is 468. The van der Waals surface area contributed by atoms with E-state index in [4.69, 9.17) is 4.74 Å². The maximum atomic E-state index is 11.9. The number of hydrogen-bond acceptors (Lipinski definition) is 4. The molecule has 0 saturated carbocycles. The summed E-state index contributed by atoms with van der Waals surface area (Å²) in [5, 5.41) is 6.07. The first-order valence-corrected chi connectivity index (χ1v) is 12.2. The molecule has 1 saturated heterocycles. The summed E-state index contributed by atoms with van der Waals surface area (Å²) in [6.45, 7) is 12.5. The second-order valence-corrected chi connectivity index (χ2v) is 8.44. The molecule has 31 heavy (non-hydrogen) atoms. The van der Waals surface area contributed by atoms with Gasteiger partial charge in [0.15, 0.2) is 0 Å². The molecule has 2 N–H and O–H groups in total. The molecule has 0 aromatic rings. The molecule has 6 nitrogen and oxygen atoms in total. The highest BCUT2D eigenvalue weighted by molar-refractivity contribution is 5.76. The van der Waals surface area contributed by atoms with Crippen molar-refractivity contribution >= 4 is 11.8 Å². The highest BCUT2D eigenvalue weighted by atomic mass is 16.6. The van der Waals surface area contributed by atoms with Crippen LogP contribution in [0, 0.1) is 0 Å². The van der Waals surface area contributed by atoms with Crippen LogP contribution in [0.4, 0.5) is 0 Å². The van der Waals surface area contributed by atoms with Crippen molar-refractivity contribution in [1.29, 1.82) is 0 Å². The fourth-order valence-corrected chi connectivity index (χ4v) is 3.50. The molecular weight excluding hydrogens is 390 g/mol. The number of nitrogens with zero attached hydrogens (tertiary/aromatic N) is 1. The summed E-state index contributed by atoms with van der Waals surface area (Å²) in [7, 11) is 0. The minimum absolute atomic E-state index is 0.155. The van der Waals surface area contributed by atoms with E-state index in [1.807, 2.05) is 12.2 Å². The zero-order valence-electron chi connectivity index (χ0n) is 19.5. The molecule has 1 rings (SSSR count). The number of carbonyl (C=O) groups excluding carboxylic acids is 2. The van der Waals surface area contributed by atoms with Gasteiger partial charge in [-0.25, -0.2) is 0 Å². The zero-order chi connectivity index (χ0) is 22.6. The SMILES string of the molecule is C=CCCCCCC(=O)NCCCN(CCCNC(=O)CCCCCC=C)CC1CO1. The number of allylic oxidation sites excluding steroid dienone is 2. The monoisotopic (exact) mass is 435 g/mol. The maximum Gasteiger partial charge on any atom is 0.219 e. The summed E-state index contributed by atoms with van der Waals surface area (Å²) in [5.41, 5.74) is 0. The van der Waals surface area contributed by atoms with Crippen molar-refractivity contribution in [2.24, 2.45) is 0 Å². The lowest BCUT2D eigenvalue weighted by Gasteiger charge is -2.21. The van der Waals surface area contributed by atoms with Crippen molar-refractivity contribution < 1.29 is 14.3 Å². The van der Waals surface area contributed by atoms with E-state index in [-0.39, 0.29) is 11.8 Å². The van der Waals surface area contributed by atoms with Gasteiger partial charge in [-0.05, 0) is 64.5 Å². The Balaban J connectivity index is 2.05. The molecule has 0 aromatic heterocycles. The number of epoxide rings is 1. The van der Waals surface area contributed by atoms with Crippen LogP contribution < -0.4 is 10.6 Å². The van der Waals surface area contributed by atoms with E-state index in [1.165, 1.54) is 0 Å². The molecule has 178 valence electrons. The molecule has 0 aliphatic carbocycles. The van der Waals surface area contributed by atoms with Gasteiger partial charge in [0.05, 0.1) is 12.7 Å². The molecule has 1 unspecified atom stereocenters. The summed E-state index contributed by atoms with van der Waals surface area (Å²) in [6, 6.07) is 0. The summed E-state index contributed by atoms with van der Waals surface area (Å²) in [5.74, 6) is 0.311. The zero-order valence-corrected chi connectivity index (χ0v) is 19.5. The van der Waals surface area contributed by atoms with E-state index in [0.717, 1.165) is 104 Å². The Morgan fingerprint density at radius 3 is 1.71 bits per heavy atom. The molecule has 0 radical (unpaired) electrons. The van der Waals surface area contributed by atoms with Crippen LogP contribution in [-0.2, 0) is 14.3 Å². The van der Waals surface area contributed by atoms with E-state index in [9.17, 15) is 9.59 Å². The first kappa shape index (κ1) is 27.4. The molecule has 1 aliphatic rings. The molecule has 0 bridgehead atoms. The van der Waals surface area contributed by atoms with Gasteiger partial charge in [-0.2, -0.15) is 0 Å². The predicted octanol–water partition coefficient (Wildman–Crippen LogP) is 3.97. The lowest BCUT2D eigenvalue weighted by atomic mass is 10.1. The number of nitrogens with one attached hydrogen (secondary N) is 2. The van der Waals surface area contributed by atoms with Crippen molar-refractivity contribution in [3.63, 3.8) is 0 Å². The van der Waals surface area contributed by atoms with E-state index in [0.29, 0.717) is 18.9 Å². The summed E-state index contributed by atoms with van der Waals surface area (Å²) in [6.07, 6.45) is 15.7. The third-order valence-corrected chi connectivity index (χ3v) is 5.43. The molecule has 1 atom stereocenters. The molecular formula is C25H45N3O3. The predicted molar refractivity (Wildman–Crippen MR) is 128 cm³/mol. The molecule has 1 fully saturated rings. The third kappa shape index (κ3) is 17.7. The van der Waals surface area contributed by atoms with Crippen LogP contribution in [0.15, 0.2) is 25.3 Å². The van der Waals surface area contributed by atoms with Crippen LogP contribution >= 0.6 is 0 Å². The normalized spacial score (nSPS) is 14.9. The average molecular weight is 436 g/mol. The van der Waals surface area contributed by atoms with Crippen molar-refractivity contribution in [1.82, 2.24) is 15.5 Å². The Hall–Kier alpha value is -1.66. The largest absolute Gasteiger partial charge is 0.372 e. The fourth-order valence-electron chi connectivity index (χ4n) is 3.50. The number of rotatable bonds is 22. The molecule has 6 heteroatoms. The molecule has 0 aromatic carbocycles. The first-order valence-electron chi connectivity index (χ1n) is 12.2. The number of ether oxygens (including phenoxy) is 1. The summed E-state index contributed by atoms with van der Waals surface area (Å²) >= 11 is 0. The van der Waals surface area contributed by atoms with E-state index < -0.39 is 0 Å². The summed E-state index contributed by atoms with van der Waals surface area (Å²) in [4.78, 5) is 26.2. The van der Waals surface area contributed by atoms with Gasteiger partial charge in [-0.1, -0.05) is 25.0 Å². The lowest BCUT2D eigenvalue weighted by Crippen LogP contribution is -2.34. The Labute approximate surface area is 189 Å². The van der Waals surface area contributed by atoms with Crippen LogP contribution in [0.1, 0.15) is 77.0 Å². The second kappa shape index (κ2) is 19.1. The number of amides is 2. The average Bonchev–Trinajstić information content (AvgIpc) is 3.57. The van der Waals surface area contributed by atoms with Gasteiger partial charge in [-0.15, -0.1) is 13.2 Å². The molecule has 1 heterocycles. The van der Waals surface area contributed by atoms with Gasteiger partial charge >= 0.3 is 0 Å². The van der Waals surface area contributed by atoms with Crippen molar-refractivity contribution in [3.8, 4) is 0 Å². The van der Waals surface area contributed by atoms with Gasteiger partial charge in [0.25, 0.3) is 0 Å². The minimum Gasteiger partial charge on any atom is -0.372 e. The number of unbranched alkanes of at least 4 members (excludes halogenated alkanes) is 6. The molecule has 2 amide bonds. The Morgan fingerprint density at radius 1 is 0.806 bits per heavy atom. The van der Waals surface area contributed by atoms with Gasteiger partial charge in [0.2, 0.25) is 11.8 Å².